The van der Waals surface area contributed by atoms with Crippen LogP contribution in [0.2, 0.25) is 0 Å². The number of H-pyrrole nitrogens is 1. The van der Waals surface area contributed by atoms with Gasteiger partial charge >= 0.3 is 5.69 Å². The van der Waals surface area contributed by atoms with Crippen LogP contribution in [-0.4, -0.2) is 27.7 Å². The van der Waals surface area contributed by atoms with Crippen LogP contribution in [0.1, 0.15) is 56.7 Å². The van der Waals surface area contributed by atoms with E-state index >= 15 is 0 Å². The van der Waals surface area contributed by atoms with Crippen molar-refractivity contribution in [1.82, 2.24) is 14.9 Å². The van der Waals surface area contributed by atoms with Crippen molar-refractivity contribution in [3.63, 3.8) is 0 Å². The Balaban J connectivity index is 1.55. The molecule has 1 aliphatic carbocycles. The van der Waals surface area contributed by atoms with Crippen molar-refractivity contribution in [2.75, 3.05) is 6.61 Å². The van der Waals surface area contributed by atoms with Gasteiger partial charge in [-0.05, 0) is 62.8 Å². The molecule has 2 bridgehead atoms. The molecule has 2 N–H and O–H groups in total. The zero-order valence-electron chi connectivity index (χ0n) is 19.7. The molecule has 2 atom stereocenters. The lowest BCUT2D eigenvalue weighted by Crippen LogP contribution is -2.52. The number of benzene rings is 2. The second kappa shape index (κ2) is 9.24. The molecular formula is C26H26F3N3O4. The van der Waals surface area contributed by atoms with Gasteiger partial charge in [0.1, 0.15) is 23.5 Å². The third kappa shape index (κ3) is 4.45. The molecule has 3 aromatic rings. The second-order valence-electron chi connectivity index (χ2n) is 9.85. The standard InChI is InChI=1S/C26H26F3N3O4/c1-14(18-4-2-17(28)11-20(18)29)30-23(33)22(12-26-8-6-15(7-9-26)13-36-26)32-24(34)19-10-16(27)3-5-21(19)31-25(32)35/h2-5,10-11,14-15,22H,6-9,12-13H2,1H3,(H,30,33)(H,31,35)/t14-,15?,22-,26?/m1/s1. The number of nitrogens with zero attached hydrogens (tertiary/aromatic N) is 1. The van der Waals surface area contributed by atoms with Crippen LogP contribution in [-0.2, 0) is 9.53 Å². The molecule has 2 aromatic carbocycles. The number of nitrogens with one attached hydrogen (secondary N) is 2. The Morgan fingerprint density at radius 3 is 2.50 bits per heavy atom. The van der Waals surface area contributed by atoms with Crippen LogP contribution in [0.5, 0.6) is 0 Å². The summed E-state index contributed by atoms with van der Waals surface area (Å²) in [7, 11) is 0. The molecule has 6 rings (SSSR count). The van der Waals surface area contributed by atoms with Gasteiger partial charge in [0, 0.05) is 18.1 Å². The van der Waals surface area contributed by atoms with E-state index in [0.29, 0.717) is 25.4 Å². The molecule has 3 fully saturated rings. The van der Waals surface area contributed by atoms with Crippen LogP contribution >= 0.6 is 0 Å². The lowest BCUT2D eigenvalue weighted by atomic mass is 9.73. The second-order valence-corrected chi connectivity index (χ2v) is 9.85. The highest BCUT2D eigenvalue weighted by Crippen LogP contribution is 2.45. The van der Waals surface area contributed by atoms with Crippen molar-refractivity contribution < 1.29 is 22.7 Å². The molecule has 2 aliphatic heterocycles. The molecule has 0 unspecified atom stereocenters. The van der Waals surface area contributed by atoms with E-state index < -0.39 is 52.3 Å². The summed E-state index contributed by atoms with van der Waals surface area (Å²) in [5.74, 6) is -2.48. The maximum absolute atomic E-state index is 14.4. The van der Waals surface area contributed by atoms with E-state index in [9.17, 15) is 27.6 Å². The van der Waals surface area contributed by atoms with E-state index in [1.54, 1.807) is 0 Å². The summed E-state index contributed by atoms with van der Waals surface area (Å²) in [6.07, 6.45) is 3.24. The quantitative estimate of drug-likeness (QED) is 0.536. The molecule has 0 radical (unpaired) electrons. The van der Waals surface area contributed by atoms with Gasteiger partial charge < -0.3 is 15.0 Å². The Hall–Kier alpha value is -3.40. The van der Waals surface area contributed by atoms with Gasteiger partial charge in [0.2, 0.25) is 5.91 Å². The van der Waals surface area contributed by atoms with Crippen molar-refractivity contribution in [1.29, 1.82) is 0 Å². The minimum Gasteiger partial charge on any atom is -0.375 e. The number of carbonyl (C=O) groups is 1. The first-order valence-electron chi connectivity index (χ1n) is 12.0. The fraction of sp³-hybridized carbons (Fsp3) is 0.423. The molecule has 10 heteroatoms. The van der Waals surface area contributed by atoms with E-state index in [2.05, 4.69) is 10.3 Å². The fourth-order valence-corrected chi connectivity index (χ4v) is 5.45. The zero-order valence-corrected chi connectivity index (χ0v) is 19.7. The molecule has 36 heavy (non-hydrogen) atoms. The van der Waals surface area contributed by atoms with Crippen LogP contribution in [0.4, 0.5) is 13.2 Å². The highest BCUT2D eigenvalue weighted by molar-refractivity contribution is 5.82. The number of hydrogen-bond donors (Lipinski definition) is 2. The summed E-state index contributed by atoms with van der Waals surface area (Å²) >= 11 is 0. The molecule has 7 nitrogen and oxygen atoms in total. The molecule has 1 amide bonds. The van der Waals surface area contributed by atoms with Crippen molar-refractivity contribution in [2.45, 2.75) is 56.7 Å². The molecule has 3 heterocycles. The van der Waals surface area contributed by atoms with Crippen LogP contribution in [0.15, 0.2) is 46.0 Å². The molecule has 0 spiro atoms. The number of aromatic nitrogens is 2. The Labute approximate surface area is 204 Å². The summed E-state index contributed by atoms with van der Waals surface area (Å²) in [6, 6.07) is 4.27. The Morgan fingerprint density at radius 2 is 1.83 bits per heavy atom. The first-order chi connectivity index (χ1) is 17.2. The number of fused-ring (bicyclic) bond motifs is 4. The average Bonchev–Trinajstić information content (AvgIpc) is 2.85. The normalized spacial score (nSPS) is 22.9. The predicted molar refractivity (Wildman–Crippen MR) is 126 cm³/mol. The summed E-state index contributed by atoms with van der Waals surface area (Å²) in [6.45, 7) is 2.06. The van der Waals surface area contributed by atoms with Gasteiger partial charge in [-0.1, -0.05) is 6.07 Å². The number of amides is 1. The minimum atomic E-state index is -1.30. The van der Waals surface area contributed by atoms with E-state index in [1.165, 1.54) is 19.1 Å². The number of aromatic amines is 1. The SMILES string of the molecule is C[C@@H](NC(=O)[C@@H](CC12CCC(CC1)CO2)n1c(=O)[nH]c2ccc(F)cc2c1=O)c1ccc(F)cc1F. The maximum atomic E-state index is 14.4. The zero-order chi connectivity index (χ0) is 25.6. The molecule has 3 aliphatic rings. The molecule has 1 saturated carbocycles. The highest BCUT2D eigenvalue weighted by atomic mass is 19.1. The van der Waals surface area contributed by atoms with Gasteiger partial charge in [-0.25, -0.2) is 22.5 Å². The number of rotatable bonds is 6. The topological polar surface area (TPSA) is 93.2 Å². The van der Waals surface area contributed by atoms with Gasteiger partial charge in [-0.15, -0.1) is 0 Å². The summed E-state index contributed by atoms with van der Waals surface area (Å²) < 4.78 is 48.5. The third-order valence-electron chi connectivity index (χ3n) is 7.50. The summed E-state index contributed by atoms with van der Waals surface area (Å²) in [4.78, 5) is 42.6. The Bertz CT molecular complexity index is 1430. The lowest BCUT2D eigenvalue weighted by Gasteiger charge is -2.47. The number of halogens is 3. The van der Waals surface area contributed by atoms with E-state index in [1.807, 2.05) is 0 Å². The Morgan fingerprint density at radius 1 is 1.14 bits per heavy atom. The van der Waals surface area contributed by atoms with Crippen LogP contribution in [0, 0.1) is 23.4 Å². The molecule has 190 valence electrons. The lowest BCUT2D eigenvalue weighted by molar-refractivity contribution is -0.158. The molecule has 2 saturated heterocycles. The van der Waals surface area contributed by atoms with Gasteiger partial charge in [-0.3, -0.25) is 9.59 Å². The first kappa shape index (κ1) is 24.3. The van der Waals surface area contributed by atoms with E-state index in [4.69, 9.17) is 4.74 Å². The van der Waals surface area contributed by atoms with Crippen molar-refractivity contribution in [3.8, 4) is 0 Å². The number of carbonyl (C=O) groups excluding carboxylic acids is 1. The van der Waals surface area contributed by atoms with E-state index in [0.717, 1.165) is 41.7 Å². The predicted octanol–water partition coefficient (Wildman–Crippen LogP) is 3.87. The van der Waals surface area contributed by atoms with Crippen LogP contribution < -0.4 is 16.6 Å². The van der Waals surface area contributed by atoms with Crippen molar-refractivity contribution >= 4 is 16.8 Å². The van der Waals surface area contributed by atoms with Gasteiger partial charge in [-0.2, -0.15) is 0 Å². The van der Waals surface area contributed by atoms with E-state index in [-0.39, 0.29) is 22.9 Å². The van der Waals surface area contributed by atoms with Crippen molar-refractivity contribution in [3.05, 3.63) is 80.3 Å². The molecular weight excluding hydrogens is 475 g/mol. The monoisotopic (exact) mass is 501 g/mol. The van der Waals surface area contributed by atoms with Gasteiger partial charge in [0.05, 0.1) is 29.2 Å². The first-order valence-corrected chi connectivity index (χ1v) is 12.0. The number of ether oxygens (including phenoxy) is 1. The Kier molecular flexibility index (Phi) is 6.23. The summed E-state index contributed by atoms with van der Waals surface area (Å²) in [5.41, 5.74) is -2.12. The average molecular weight is 502 g/mol. The number of hydrogen-bond acceptors (Lipinski definition) is 4. The van der Waals surface area contributed by atoms with Crippen LogP contribution in [0.3, 0.4) is 0 Å². The highest BCUT2D eigenvalue weighted by Gasteiger charge is 2.45. The molecule has 1 aromatic heterocycles. The van der Waals surface area contributed by atoms with Crippen LogP contribution in [0.25, 0.3) is 10.9 Å². The summed E-state index contributed by atoms with van der Waals surface area (Å²) in [5, 5.41) is 2.60. The third-order valence-corrected chi connectivity index (χ3v) is 7.50. The maximum Gasteiger partial charge on any atom is 0.329 e. The fourth-order valence-electron chi connectivity index (χ4n) is 5.45. The van der Waals surface area contributed by atoms with Gasteiger partial charge in [0.25, 0.3) is 5.56 Å². The largest absolute Gasteiger partial charge is 0.375 e. The van der Waals surface area contributed by atoms with Gasteiger partial charge in [0.15, 0.2) is 0 Å². The smallest absolute Gasteiger partial charge is 0.329 e. The minimum absolute atomic E-state index is 0.0496. The van der Waals surface area contributed by atoms with Crippen molar-refractivity contribution in [2.24, 2.45) is 5.92 Å².